The summed E-state index contributed by atoms with van der Waals surface area (Å²) in [6.07, 6.45) is 0.773. The third kappa shape index (κ3) is 4.95. The maximum atomic E-state index is 13.3. The van der Waals surface area contributed by atoms with Crippen LogP contribution in [0, 0.1) is 6.92 Å². The number of thiazole rings is 1. The number of nitrogens with zero attached hydrogens (tertiary/aromatic N) is 3. The van der Waals surface area contributed by atoms with Crippen LogP contribution in [0.5, 0.6) is 0 Å². The molecule has 0 aliphatic carbocycles. The predicted molar refractivity (Wildman–Crippen MR) is 143 cm³/mol. The molecule has 0 atom stereocenters. The maximum absolute atomic E-state index is 13.3. The molecule has 8 heteroatoms. The lowest BCUT2D eigenvalue weighted by atomic mass is 9.94. The molecule has 0 bridgehead atoms. The summed E-state index contributed by atoms with van der Waals surface area (Å²) < 4.78 is 6.58. The molecule has 0 saturated carbocycles. The van der Waals surface area contributed by atoms with E-state index in [1.165, 1.54) is 11.3 Å². The molecular formula is C28H28N4O3S. The van der Waals surface area contributed by atoms with Gasteiger partial charge in [-0.2, -0.15) is 0 Å². The van der Waals surface area contributed by atoms with Crippen LogP contribution in [0.4, 0.5) is 10.9 Å². The number of ether oxygens (including phenoxy) is 1. The Hall–Kier alpha value is -3.78. The van der Waals surface area contributed by atoms with Gasteiger partial charge in [-0.25, -0.2) is 14.8 Å². The first-order chi connectivity index (χ1) is 17.2. The zero-order chi connectivity index (χ0) is 25.4. The summed E-state index contributed by atoms with van der Waals surface area (Å²) in [7, 11) is 0. The molecule has 0 saturated heterocycles. The number of rotatable bonds is 4. The number of carbonyl (C=O) groups excluding carboxylic acids is 2. The number of fused-ring (bicyclic) bond motifs is 2. The number of pyridine rings is 1. The van der Waals surface area contributed by atoms with Crippen LogP contribution in [0.1, 0.15) is 58.3 Å². The maximum Gasteiger partial charge on any atom is 0.357 e. The highest BCUT2D eigenvalue weighted by atomic mass is 32.1. The molecule has 0 spiro atoms. The fourth-order valence-corrected chi connectivity index (χ4v) is 5.17. The van der Waals surface area contributed by atoms with E-state index < -0.39 is 11.6 Å². The fraction of sp³-hybridized carbons (Fsp3) is 0.286. The minimum Gasteiger partial charge on any atom is -0.455 e. The van der Waals surface area contributed by atoms with Crippen molar-refractivity contribution in [1.82, 2.24) is 9.97 Å². The first-order valence-electron chi connectivity index (χ1n) is 11.9. The molecule has 1 aliphatic heterocycles. The Morgan fingerprint density at radius 3 is 2.61 bits per heavy atom. The quantitative estimate of drug-likeness (QED) is 0.358. The van der Waals surface area contributed by atoms with Crippen molar-refractivity contribution in [3.63, 3.8) is 0 Å². The molecular weight excluding hydrogens is 472 g/mol. The Labute approximate surface area is 214 Å². The number of esters is 1. The summed E-state index contributed by atoms with van der Waals surface area (Å²) in [5, 5.41) is 3.56. The van der Waals surface area contributed by atoms with Gasteiger partial charge in [0.05, 0.1) is 10.2 Å². The van der Waals surface area contributed by atoms with Gasteiger partial charge < -0.3 is 9.64 Å². The zero-order valence-electron chi connectivity index (χ0n) is 20.8. The highest BCUT2D eigenvalue weighted by Gasteiger charge is 2.26. The van der Waals surface area contributed by atoms with Gasteiger partial charge in [-0.1, -0.05) is 41.7 Å². The van der Waals surface area contributed by atoms with Gasteiger partial charge in [0, 0.05) is 18.7 Å². The molecule has 0 unspecified atom stereocenters. The number of anilines is 2. The van der Waals surface area contributed by atoms with Gasteiger partial charge in [0.1, 0.15) is 11.4 Å². The van der Waals surface area contributed by atoms with Crippen LogP contribution < -0.4 is 10.2 Å². The Morgan fingerprint density at radius 2 is 1.83 bits per heavy atom. The molecule has 7 nitrogen and oxygen atoms in total. The number of aryl methyl sites for hydroxylation is 1. The van der Waals surface area contributed by atoms with Crippen molar-refractivity contribution in [3.8, 4) is 0 Å². The second-order valence-electron chi connectivity index (χ2n) is 9.89. The number of benzene rings is 2. The summed E-state index contributed by atoms with van der Waals surface area (Å²) >= 11 is 1.46. The van der Waals surface area contributed by atoms with E-state index in [0.29, 0.717) is 28.8 Å². The van der Waals surface area contributed by atoms with Crippen LogP contribution in [-0.4, -0.2) is 34.0 Å². The lowest BCUT2D eigenvalue weighted by Gasteiger charge is -2.31. The van der Waals surface area contributed by atoms with E-state index in [1.54, 1.807) is 0 Å². The van der Waals surface area contributed by atoms with E-state index in [9.17, 15) is 9.59 Å². The van der Waals surface area contributed by atoms with Crippen LogP contribution in [0.25, 0.3) is 10.2 Å². The third-order valence-corrected chi connectivity index (χ3v) is 6.98. The van der Waals surface area contributed by atoms with Crippen LogP contribution in [0.15, 0.2) is 54.6 Å². The molecule has 4 aromatic rings. The second-order valence-corrected chi connectivity index (χ2v) is 10.9. The molecule has 3 heterocycles. The van der Waals surface area contributed by atoms with Gasteiger partial charge >= 0.3 is 5.97 Å². The van der Waals surface area contributed by atoms with E-state index in [0.717, 1.165) is 39.9 Å². The standard InChI is InChI=1S/C28H28N4O3S/c1-17-12-13-23(30-24(17)26(34)35-28(2,3)4)32-15-14-18-8-7-9-19(20(18)16-32)25(33)31-27-29-21-10-5-6-11-22(21)36-27/h5-13H,14-16H2,1-4H3,(H,29,31,33). The average Bonchev–Trinajstić information content (AvgIpc) is 3.24. The molecule has 2 aromatic heterocycles. The van der Waals surface area contributed by atoms with Crippen molar-refractivity contribution in [3.05, 3.63) is 82.5 Å². The van der Waals surface area contributed by atoms with Crippen molar-refractivity contribution in [2.45, 2.75) is 46.3 Å². The molecule has 0 radical (unpaired) electrons. The van der Waals surface area contributed by atoms with Gasteiger partial charge in [0.25, 0.3) is 5.91 Å². The van der Waals surface area contributed by atoms with Gasteiger partial charge in [0.2, 0.25) is 0 Å². The van der Waals surface area contributed by atoms with Crippen molar-refractivity contribution >= 4 is 44.4 Å². The monoisotopic (exact) mass is 500 g/mol. The number of hydrogen-bond donors (Lipinski definition) is 1. The number of para-hydroxylation sites is 1. The molecule has 5 rings (SSSR count). The molecule has 1 amide bonds. The largest absolute Gasteiger partial charge is 0.455 e. The average molecular weight is 501 g/mol. The fourth-order valence-electron chi connectivity index (χ4n) is 4.31. The van der Waals surface area contributed by atoms with Crippen molar-refractivity contribution in [2.75, 3.05) is 16.8 Å². The zero-order valence-corrected chi connectivity index (χ0v) is 21.6. The first kappa shape index (κ1) is 23.9. The predicted octanol–water partition coefficient (Wildman–Crippen LogP) is 5.77. The summed E-state index contributed by atoms with van der Waals surface area (Å²) in [4.78, 5) is 37.3. The Morgan fingerprint density at radius 1 is 1.03 bits per heavy atom. The molecule has 1 aliphatic rings. The van der Waals surface area contributed by atoms with Crippen molar-refractivity contribution in [1.29, 1.82) is 0 Å². The minimum atomic E-state index is -0.600. The van der Waals surface area contributed by atoms with Crippen LogP contribution in [-0.2, 0) is 17.7 Å². The van der Waals surface area contributed by atoms with Crippen LogP contribution in [0.2, 0.25) is 0 Å². The number of aromatic nitrogens is 2. The highest BCUT2D eigenvalue weighted by Crippen LogP contribution is 2.29. The van der Waals surface area contributed by atoms with Gasteiger partial charge in [-0.15, -0.1) is 0 Å². The summed E-state index contributed by atoms with van der Waals surface area (Å²) in [6.45, 7) is 8.63. The Bertz CT molecular complexity index is 1440. The molecule has 184 valence electrons. The lowest BCUT2D eigenvalue weighted by Crippen LogP contribution is -2.33. The second kappa shape index (κ2) is 9.35. The molecule has 0 fully saturated rings. The minimum absolute atomic E-state index is 0.181. The van der Waals surface area contributed by atoms with Gasteiger partial charge in [-0.3, -0.25) is 10.1 Å². The topological polar surface area (TPSA) is 84.4 Å². The summed E-state index contributed by atoms with van der Waals surface area (Å²) in [6, 6.07) is 17.5. The number of hydrogen-bond acceptors (Lipinski definition) is 7. The smallest absolute Gasteiger partial charge is 0.357 e. The van der Waals surface area contributed by atoms with Gasteiger partial charge in [0.15, 0.2) is 10.8 Å². The van der Waals surface area contributed by atoms with E-state index in [4.69, 9.17) is 4.74 Å². The number of carbonyl (C=O) groups is 2. The molecule has 1 N–H and O–H groups in total. The Balaban J connectivity index is 1.40. The first-order valence-corrected chi connectivity index (χ1v) is 12.7. The van der Waals surface area contributed by atoms with Crippen molar-refractivity contribution in [2.24, 2.45) is 0 Å². The van der Waals surface area contributed by atoms with E-state index in [2.05, 4.69) is 26.3 Å². The lowest BCUT2D eigenvalue weighted by molar-refractivity contribution is 0.00619. The summed E-state index contributed by atoms with van der Waals surface area (Å²) in [5.74, 6) is 0.0720. The summed E-state index contributed by atoms with van der Waals surface area (Å²) in [5.41, 5.74) is 4.07. The molecule has 2 aromatic carbocycles. The highest BCUT2D eigenvalue weighted by molar-refractivity contribution is 7.22. The van der Waals surface area contributed by atoms with Crippen LogP contribution in [0.3, 0.4) is 0 Å². The SMILES string of the molecule is Cc1ccc(N2CCc3cccc(C(=O)Nc4nc5ccccc5s4)c3C2)nc1C(=O)OC(C)(C)C. The van der Waals surface area contributed by atoms with E-state index in [1.807, 2.05) is 76.2 Å². The number of amides is 1. The normalized spacial score (nSPS) is 13.4. The number of nitrogens with one attached hydrogen (secondary N) is 1. The van der Waals surface area contributed by atoms with Crippen LogP contribution >= 0.6 is 11.3 Å². The van der Waals surface area contributed by atoms with E-state index in [-0.39, 0.29) is 5.91 Å². The van der Waals surface area contributed by atoms with Gasteiger partial charge in [-0.05, 0) is 75.1 Å². The third-order valence-electron chi connectivity index (χ3n) is 6.03. The van der Waals surface area contributed by atoms with Crippen molar-refractivity contribution < 1.29 is 14.3 Å². The molecule has 36 heavy (non-hydrogen) atoms. The Kier molecular flexibility index (Phi) is 6.22. The van der Waals surface area contributed by atoms with E-state index >= 15 is 0 Å².